The molecule has 8 heteroatoms. The van der Waals surface area contributed by atoms with Crippen LogP contribution >= 0.6 is 22.7 Å². The standard InChI is InChI=1S/C15H15N3O3S2/c1-7-2-3-8-10(6-7)23-15-12(8)14(19)16-13(17-15)9-4-5-11(22-9)18(20)21/h4-5,7,13,17H,2-3,6H2,1H3,(H,16,19)/t7-,13+/m1/s1. The predicted octanol–water partition coefficient (Wildman–Crippen LogP) is 3.70. The van der Waals surface area contributed by atoms with Crippen molar-refractivity contribution in [1.82, 2.24) is 5.32 Å². The maximum absolute atomic E-state index is 12.6. The van der Waals surface area contributed by atoms with Crippen molar-refractivity contribution in [3.05, 3.63) is 43.1 Å². The van der Waals surface area contributed by atoms with Crippen LogP contribution in [-0.2, 0) is 12.8 Å². The van der Waals surface area contributed by atoms with Crippen LogP contribution in [0.2, 0.25) is 0 Å². The van der Waals surface area contributed by atoms with Gasteiger partial charge in [0.15, 0.2) is 0 Å². The number of hydrogen-bond donors (Lipinski definition) is 2. The summed E-state index contributed by atoms with van der Waals surface area (Å²) in [6, 6.07) is 3.17. The van der Waals surface area contributed by atoms with E-state index in [-0.39, 0.29) is 10.9 Å². The van der Waals surface area contributed by atoms with Gasteiger partial charge in [-0.3, -0.25) is 14.9 Å². The lowest BCUT2D eigenvalue weighted by atomic mass is 9.88. The van der Waals surface area contributed by atoms with Crippen LogP contribution in [0.1, 0.15) is 45.2 Å². The van der Waals surface area contributed by atoms with Gasteiger partial charge < -0.3 is 10.6 Å². The third kappa shape index (κ3) is 2.42. The van der Waals surface area contributed by atoms with Gasteiger partial charge in [0.25, 0.3) is 5.91 Å². The van der Waals surface area contributed by atoms with E-state index >= 15 is 0 Å². The average molecular weight is 349 g/mol. The molecule has 1 amide bonds. The van der Waals surface area contributed by atoms with Crippen LogP contribution in [0.15, 0.2) is 12.1 Å². The summed E-state index contributed by atoms with van der Waals surface area (Å²) in [5, 5.41) is 18.1. The van der Waals surface area contributed by atoms with E-state index in [1.807, 2.05) is 0 Å². The lowest BCUT2D eigenvalue weighted by Crippen LogP contribution is -2.37. The van der Waals surface area contributed by atoms with Crippen molar-refractivity contribution in [3.8, 4) is 0 Å². The summed E-state index contributed by atoms with van der Waals surface area (Å²) >= 11 is 2.74. The number of anilines is 1. The van der Waals surface area contributed by atoms with Gasteiger partial charge in [-0.1, -0.05) is 18.3 Å². The summed E-state index contributed by atoms with van der Waals surface area (Å²) in [7, 11) is 0. The van der Waals surface area contributed by atoms with Crippen LogP contribution in [0.25, 0.3) is 0 Å². The Bertz CT molecular complexity index is 811. The molecule has 0 spiro atoms. The highest BCUT2D eigenvalue weighted by Gasteiger charge is 2.33. The Balaban J connectivity index is 1.67. The van der Waals surface area contributed by atoms with Crippen LogP contribution in [0.5, 0.6) is 0 Å². The molecule has 0 bridgehead atoms. The number of thiophene rings is 2. The minimum absolute atomic E-state index is 0.0770. The molecule has 2 aromatic heterocycles. The minimum Gasteiger partial charge on any atom is -0.352 e. The summed E-state index contributed by atoms with van der Waals surface area (Å²) < 4.78 is 0. The van der Waals surface area contributed by atoms with E-state index in [0.717, 1.165) is 46.0 Å². The Hall–Kier alpha value is -1.93. The fourth-order valence-electron chi connectivity index (χ4n) is 3.20. The van der Waals surface area contributed by atoms with E-state index in [1.54, 1.807) is 17.4 Å². The van der Waals surface area contributed by atoms with Crippen LogP contribution in [-0.4, -0.2) is 10.8 Å². The number of nitrogens with zero attached hydrogens (tertiary/aromatic N) is 1. The largest absolute Gasteiger partial charge is 0.352 e. The van der Waals surface area contributed by atoms with E-state index in [1.165, 1.54) is 16.5 Å². The van der Waals surface area contributed by atoms with Gasteiger partial charge in [-0.2, -0.15) is 0 Å². The van der Waals surface area contributed by atoms with Crippen LogP contribution in [0.3, 0.4) is 0 Å². The minimum atomic E-state index is -0.407. The number of fused-ring (bicyclic) bond motifs is 3. The molecule has 0 saturated carbocycles. The number of rotatable bonds is 2. The highest BCUT2D eigenvalue weighted by molar-refractivity contribution is 7.17. The summed E-state index contributed by atoms with van der Waals surface area (Å²) in [5.74, 6) is 0.577. The Morgan fingerprint density at radius 1 is 1.30 bits per heavy atom. The Labute approximate surface area is 140 Å². The molecule has 0 unspecified atom stereocenters. The molecule has 3 heterocycles. The molecule has 2 aromatic rings. The van der Waals surface area contributed by atoms with Crippen molar-refractivity contribution >= 4 is 38.6 Å². The van der Waals surface area contributed by atoms with Gasteiger partial charge in [-0.25, -0.2) is 0 Å². The first kappa shape index (κ1) is 14.6. The molecule has 1 aliphatic carbocycles. The zero-order chi connectivity index (χ0) is 16.1. The molecule has 0 radical (unpaired) electrons. The first-order chi connectivity index (χ1) is 11.0. The monoisotopic (exact) mass is 349 g/mol. The lowest BCUT2D eigenvalue weighted by molar-refractivity contribution is -0.380. The van der Waals surface area contributed by atoms with Gasteiger partial charge in [-0.05, 0) is 36.8 Å². The fraction of sp³-hybridized carbons (Fsp3) is 0.400. The Morgan fingerprint density at radius 2 is 2.13 bits per heavy atom. The molecular weight excluding hydrogens is 334 g/mol. The van der Waals surface area contributed by atoms with Gasteiger partial charge in [0.05, 0.1) is 15.4 Å². The molecule has 0 saturated heterocycles. The van der Waals surface area contributed by atoms with E-state index in [9.17, 15) is 14.9 Å². The number of amides is 1. The zero-order valence-corrected chi connectivity index (χ0v) is 14.1. The molecule has 23 heavy (non-hydrogen) atoms. The van der Waals surface area contributed by atoms with Gasteiger partial charge in [0, 0.05) is 10.9 Å². The predicted molar refractivity (Wildman–Crippen MR) is 90.3 cm³/mol. The third-order valence-electron chi connectivity index (χ3n) is 4.37. The molecule has 1 aliphatic heterocycles. The summed E-state index contributed by atoms with van der Waals surface area (Å²) in [6.45, 7) is 2.24. The van der Waals surface area contributed by atoms with Crippen molar-refractivity contribution in [1.29, 1.82) is 0 Å². The fourth-order valence-corrected chi connectivity index (χ4v) is 5.46. The van der Waals surface area contributed by atoms with Gasteiger partial charge in [-0.15, -0.1) is 11.3 Å². The molecule has 120 valence electrons. The molecule has 2 N–H and O–H groups in total. The number of carbonyl (C=O) groups is 1. The maximum atomic E-state index is 12.6. The number of carbonyl (C=O) groups excluding carboxylic acids is 1. The number of nitrogens with one attached hydrogen (secondary N) is 2. The smallest absolute Gasteiger partial charge is 0.324 e. The molecule has 0 aromatic carbocycles. The first-order valence-electron chi connectivity index (χ1n) is 7.49. The highest BCUT2D eigenvalue weighted by Crippen LogP contribution is 2.43. The van der Waals surface area contributed by atoms with E-state index in [4.69, 9.17) is 0 Å². The van der Waals surface area contributed by atoms with Gasteiger partial charge in [0.2, 0.25) is 0 Å². The topological polar surface area (TPSA) is 84.3 Å². The summed E-state index contributed by atoms with van der Waals surface area (Å²) in [6.07, 6.45) is 2.69. The summed E-state index contributed by atoms with van der Waals surface area (Å²) in [4.78, 5) is 25.0. The molecule has 0 fully saturated rings. The van der Waals surface area contributed by atoms with E-state index < -0.39 is 11.1 Å². The molecule has 6 nitrogen and oxygen atoms in total. The molecule has 2 aliphatic rings. The van der Waals surface area contributed by atoms with Crippen molar-refractivity contribution in [2.45, 2.75) is 32.4 Å². The average Bonchev–Trinajstić information content (AvgIpc) is 3.10. The molecule has 2 atom stereocenters. The first-order valence-corrected chi connectivity index (χ1v) is 9.12. The normalized spacial score (nSPS) is 22.7. The van der Waals surface area contributed by atoms with Crippen LogP contribution in [0, 0.1) is 16.0 Å². The molecular formula is C15H15N3O3S2. The molecule has 4 rings (SSSR count). The third-order valence-corrected chi connectivity index (χ3v) is 6.65. The van der Waals surface area contributed by atoms with Crippen LogP contribution < -0.4 is 10.6 Å². The number of nitro groups is 1. The highest BCUT2D eigenvalue weighted by atomic mass is 32.1. The maximum Gasteiger partial charge on any atom is 0.324 e. The van der Waals surface area contributed by atoms with Crippen molar-refractivity contribution < 1.29 is 9.72 Å². The second-order valence-electron chi connectivity index (χ2n) is 6.04. The van der Waals surface area contributed by atoms with Gasteiger partial charge in [0.1, 0.15) is 11.2 Å². The lowest BCUT2D eigenvalue weighted by Gasteiger charge is -2.25. The van der Waals surface area contributed by atoms with Crippen molar-refractivity contribution in [3.63, 3.8) is 0 Å². The Morgan fingerprint density at radius 3 is 2.87 bits per heavy atom. The quantitative estimate of drug-likeness (QED) is 0.639. The second kappa shape index (κ2) is 5.31. The van der Waals surface area contributed by atoms with Crippen molar-refractivity contribution in [2.75, 3.05) is 5.32 Å². The van der Waals surface area contributed by atoms with Crippen LogP contribution in [0.4, 0.5) is 10.0 Å². The second-order valence-corrected chi connectivity index (χ2v) is 8.24. The van der Waals surface area contributed by atoms with Gasteiger partial charge >= 0.3 is 5.00 Å². The Kier molecular flexibility index (Phi) is 3.38. The zero-order valence-electron chi connectivity index (χ0n) is 12.4. The number of hydrogen-bond acceptors (Lipinski definition) is 6. The van der Waals surface area contributed by atoms with E-state index in [2.05, 4.69) is 17.6 Å². The van der Waals surface area contributed by atoms with E-state index in [0.29, 0.717) is 5.92 Å². The SMILES string of the molecule is C[C@@H]1CCc2c(sc3c2C(=O)N[C@H](c2ccc([N+](=O)[O-])s2)N3)C1. The summed E-state index contributed by atoms with van der Waals surface area (Å²) in [5.41, 5.74) is 1.96. The van der Waals surface area contributed by atoms with Crippen molar-refractivity contribution in [2.24, 2.45) is 5.92 Å².